The van der Waals surface area contributed by atoms with Crippen LogP contribution in [0.3, 0.4) is 0 Å². The molecule has 0 saturated carbocycles. The van der Waals surface area contributed by atoms with Gasteiger partial charge < -0.3 is 14.8 Å². The second-order valence-corrected chi connectivity index (χ2v) is 4.72. The summed E-state index contributed by atoms with van der Waals surface area (Å²) in [6, 6.07) is 2.32. The van der Waals surface area contributed by atoms with E-state index in [1.54, 1.807) is 13.8 Å². The minimum atomic E-state index is -0.475. The highest BCUT2D eigenvalue weighted by atomic mass is 19.1. The molecule has 1 N–H and O–H groups in total. The van der Waals surface area contributed by atoms with E-state index < -0.39 is 11.9 Å². The molecule has 1 amide bonds. The number of hydrogen-bond acceptors (Lipinski definition) is 3. The van der Waals surface area contributed by atoms with Gasteiger partial charge in [0.1, 0.15) is 5.82 Å². The molecule has 21 heavy (non-hydrogen) atoms. The van der Waals surface area contributed by atoms with Crippen LogP contribution in [0.25, 0.3) is 0 Å². The summed E-state index contributed by atoms with van der Waals surface area (Å²) in [4.78, 5) is 11.9. The average Bonchev–Trinajstić information content (AvgIpc) is 2.46. The Labute approximate surface area is 124 Å². The van der Waals surface area contributed by atoms with Gasteiger partial charge >= 0.3 is 0 Å². The number of methoxy groups -OCH3 is 2. The van der Waals surface area contributed by atoms with Crippen LogP contribution in [0.2, 0.25) is 0 Å². The van der Waals surface area contributed by atoms with Crippen molar-refractivity contribution >= 4 is 5.91 Å². The summed E-state index contributed by atoms with van der Waals surface area (Å²) in [5.41, 5.74) is 0.968. The highest BCUT2D eigenvalue weighted by molar-refractivity contribution is 5.93. The zero-order chi connectivity index (χ0) is 16.0. The maximum Gasteiger partial charge on any atom is 0.247 e. The molecule has 0 aliphatic heterocycles. The zero-order valence-corrected chi connectivity index (χ0v) is 13.1. The minimum absolute atomic E-state index is 0.210. The third-order valence-electron chi connectivity index (χ3n) is 3.19. The smallest absolute Gasteiger partial charge is 0.247 e. The van der Waals surface area contributed by atoms with Gasteiger partial charge in [-0.05, 0) is 26.3 Å². The van der Waals surface area contributed by atoms with E-state index in [-0.39, 0.29) is 5.91 Å². The minimum Gasteiger partial charge on any atom is -0.493 e. The van der Waals surface area contributed by atoms with Crippen LogP contribution in [-0.2, 0) is 4.79 Å². The Bertz CT molecular complexity index is 541. The van der Waals surface area contributed by atoms with Crippen molar-refractivity contribution in [2.75, 3.05) is 14.2 Å². The lowest BCUT2D eigenvalue weighted by atomic mass is 10.1. The number of carbonyl (C=O) groups is 1. The van der Waals surface area contributed by atoms with Gasteiger partial charge in [0.25, 0.3) is 0 Å². The molecule has 0 aromatic heterocycles. The molecule has 116 valence electrons. The highest BCUT2D eigenvalue weighted by Crippen LogP contribution is 2.32. The van der Waals surface area contributed by atoms with Gasteiger partial charge in [0.15, 0.2) is 11.5 Å². The molecule has 0 bridgehead atoms. The Hall–Kier alpha value is -2.04. The third-order valence-corrected chi connectivity index (χ3v) is 3.19. The standard InChI is InChI=1S/C16H22FNO3/c1-6-7-10(2)16(19)18-11(3)12-8-14(20-4)15(21-5)9-13(12)17/h7-9,11H,6H2,1-5H3,(H,18,19)/b10-7-. The molecule has 1 rings (SSSR count). The van der Waals surface area contributed by atoms with Crippen LogP contribution in [0.15, 0.2) is 23.8 Å². The maximum atomic E-state index is 14.1. The number of ether oxygens (including phenoxy) is 2. The Balaban J connectivity index is 3.00. The number of carbonyl (C=O) groups excluding carboxylic acids is 1. The summed E-state index contributed by atoms with van der Waals surface area (Å²) < 4.78 is 24.3. The first-order valence-corrected chi connectivity index (χ1v) is 6.83. The molecule has 1 atom stereocenters. The van der Waals surface area contributed by atoms with Gasteiger partial charge in [-0.1, -0.05) is 13.0 Å². The molecule has 0 aliphatic rings. The van der Waals surface area contributed by atoms with Crippen LogP contribution in [-0.4, -0.2) is 20.1 Å². The molecule has 0 radical (unpaired) electrons. The molecule has 0 heterocycles. The summed E-state index contributed by atoms with van der Waals surface area (Å²) >= 11 is 0. The fourth-order valence-corrected chi connectivity index (χ4v) is 1.99. The third kappa shape index (κ3) is 4.21. The molecule has 0 saturated heterocycles. The maximum absolute atomic E-state index is 14.1. The number of nitrogens with one attached hydrogen (secondary N) is 1. The van der Waals surface area contributed by atoms with Crippen molar-refractivity contribution in [1.29, 1.82) is 0 Å². The van der Waals surface area contributed by atoms with E-state index >= 15 is 0 Å². The van der Waals surface area contributed by atoms with Gasteiger partial charge in [0.2, 0.25) is 5.91 Å². The number of amides is 1. The fourth-order valence-electron chi connectivity index (χ4n) is 1.99. The molecule has 5 heteroatoms. The average molecular weight is 295 g/mol. The normalized spacial score (nSPS) is 12.8. The molecule has 0 aliphatic carbocycles. The summed E-state index contributed by atoms with van der Waals surface area (Å²) in [7, 11) is 2.93. The number of allylic oxidation sites excluding steroid dienone is 1. The molecule has 0 spiro atoms. The van der Waals surface area contributed by atoms with Crippen LogP contribution in [0.1, 0.15) is 38.8 Å². The second kappa shape index (κ2) is 7.67. The van der Waals surface area contributed by atoms with Crippen molar-refractivity contribution in [2.24, 2.45) is 0 Å². The summed E-state index contributed by atoms with van der Waals surface area (Å²) in [6.07, 6.45) is 2.60. The Morgan fingerprint density at radius 1 is 1.33 bits per heavy atom. The lowest BCUT2D eigenvalue weighted by Gasteiger charge is -2.17. The molecule has 4 nitrogen and oxygen atoms in total. The van der Waals surface area contributed by atoms with Gasteiger partial charge in [0.05, 0.1) is 20.3 Å². The van der Waals surface area contributed by atoms with E-state index in [0.717, 1.165) is 6.42 Å². The van der Waals surface area contributed by atoms with Crippen molar-refractivity contribution in [3.63, 3.8) is 0 Å². The summed E-state index contributed by atoms with van der Waals surface area (Å²) in [5.74, 6) is 0.0891. The van der Waals surface area contributed by atoms with E-state index in [1.165, 1.54) is 26.4 Å². The molecule has 1 unspecified atom stereocenters. The van der Waals surface area contributed by atoms with Gasteiger partial charge in [-0.15, -0.1) is 0 Å². The number of halogens is 1. The van der Waals surface area contributed by atoms with Crippen molar-refractivity contribution in [3.8, 4) is 11.5 Å². The van der Waals surface area contributed by atoms with E-state index in [0.29, 0.717) is 22.6 Å². The zero-order valence-electron chi connectivity index (χ0n) is 13.1. The van der Waals surface area contributed by atoms with Crippen LogP contribution in [0, 0.1) is 5.82 Å². The first-order chi connectivity index (χ1) is 9.94. The van der Waals surface area contributed by atoms with E-state index in [2.05, 4.69) is 5.32 Å². The SMILES string of the molecule is CC/C=C(/C)C(=O)NC(C)c1cc(OC)c(OC)cc1F. The largest absolute Gasteiger partial charge is 0.493 e. The van der Waals surface area contributed by atoms with Gasteiger partial charge in [-0.2, -0.15) is 0 Å². The van der Waals surface area contributed by atoms with Crippen LogP contribution < -0.4 is 14.8 Å². The predicted molar refractivity (Wildman–Crippen MR) is 80.1 cm³/mol. The Morgan fingerprint density at radius 3 is 2.43 bits per heavy atom. The van der Waals surface area contributed by atoms with Crippen LogP contribution in [0.5, 0.6) is 11.5 Å². The predicted octanol–water partition coefficient (Wildman–Crippen LogP) is 3.38. The fraction of sp³-hybridized carbons (Fsp3) is 0.438. The molecule has 1 aromatic rings. The Morgan fingerprint density at radius 2 is 1.90 bits per heavy atom. The van der Waals surface area contributed by atoms with Crippen molar-refractivity contribution < 1.29 is 18.7 Å². The van der Waals surface area contributed by atoms with Crippen LogP contribution in [0.4, 0.5) is 4.39 Å². The molecule has 1 aromatic carbocycles. The van der Waals surface area contributed by atoms with E-state index in [9.17, 15) is 9.18 Å². The summed E-state index contributed by atoms with van der Waals surface area (Å²) in [6.45, 7) is 5.41. The lowest BCUT2D eigenvalue weighted by molar-refractivity contribution is -0.118. The number of rotatable bonds is 6. The van der Waals surface area contributed by atoms with Crippen molar-refractivity contribution in [3.05, 3.63) is 35.2 Å². The summed E-state index contributed by atoms with van der Waals surface area (Å²) in [5, 5.41) is 2.77. The van der Waals surface area contributed by atoms with Gasteiger partial charge in [-0.3, -0.25) is 4.79 Å². The van der Waals surface area contributed by atoms with Gasteiger partial charge in [-0.25, -0.2) is 4.39 Å². The lowest BCUT2D eigenvalue weighted by Crippen LogP contribution is -2.27. The highest BCUT2D eigenvalue weighted by Gasteiger charge is 2.18. The number of benzene rings is 1. The van der Waals surface area contributed by atoms with E-state index in [4.69, 9.17) is 9.47 Å². The van der Waals surface area contributed by atoms with Crippen molar-refractivity contribution in [1.82, 2.24) is 5.32 Å². The number of hydrogen-bond donors (Lipinski definition) is 1. The van der Waals surface area contributed by atoms with Gasteiger partial charge in [0, 0.05) is 17.2 Å². The topological polar surface area (TPSA) is 47.6 Å². The molecular formula is C16H22FNO3. The molecular weight excluding hydrogens is 273 g/mol. The quantitative estimate of drug-likeness (QED) is 0.818. The first-order valence-electron chi connectivity index (χ1n) is 6.83. The van der Waals surface area contributed by atoms with Crippen LogP contribution >= 0.6 is 0 Å². The van der Waals surface area contributed by atoms with Crippen molar-refractivity contribution in [2.45, 2.75) is 33.2 Å². The molecule has 0 fully saturated rings. The Kier molecular flexibility index (Phi) is 6.21. The monoisotopic (exact) mass is 295 g/mol. The second-order valence-electron chi connectivity index (χ2n) is 4.72. The first kappa shape index (κ1) is 17.0. The van der Waals surface area contributed by atoms with E-state index in [1.807, 2.05) is 13.0 Å².